The van der Waals surface area contributed by atoms with Crippen LogP contribution in [0.3, 0.4) is 0 Å². The van der Waals surface area contributed by atoms with Crippen molar-refractivity contribution in [3.63, 3.8) is 0 Å². The first kappa shape index (κ1) is 10.5. The molecule has 14 heavy (non-hydrogen) atoms. The minimum atomic E-state index is -0.684. The molecule has 0 unspecified atom stereocenters. The third-order valence-corrected chi connectivity index (χ3v) is 2.75. The van der Waals surface area contributed by atoms with E-state index < -0.39 is 5.91 Å². The minimum Gasteiger partial charge on any atom is -0.365 e. The Morgan fingerprint density at radius 2 is 2.29 bits per heavy atom. The van der Waals surface area contributed by atoms with Gasteiger partial charge in [0.05, 0.1) is 0 Å². The van der Waals surface area contributed by atoms with Gasteiger partial charge in [-0.15, -0.1) is 11.3 Å². The van der Waals surface area contributed by atoms with Crippen molar-refractivity contribution in [2.24, 2.45) is 5.73 Å². The van der Waals surface area contributed by atoms with Crippen LogP contribution < -0.4 is 5.73 Å². The molecule has 0 aliphatic rings. The van der Waals surface area contributed by atoms with Gasteiger partial charge in [-0.25, -0.2) is 0 Å². The molecular weight excluding hydrogens is 196 g/mol. The number of rotatable bonds is 2. The molecule has 0 saturated heterocycles. The van der Waals surface area contributed by atoms with Gasteiger partial charge in [-0.05, 0) is 31.6 Å². The van der Waals surface area contributed by atoms with Crippen molar-refractivity contribution in [3.8, 4) is 6.07 Å². The van der Waals surface area contributed by atoms with Crippen molar-refractivity contribution in [1.29, 1.82) is 5.26 Å². The number of amides is 1. The Morgan fingerprint density at radius 3 is 2.64 bits per heavy atom. The molecule has 0 bridgehead atoms. The lowest BCUT2D eigenvalue weighted by Gasteiger charge is -1.91. The second-order valence-electron chi connectivity index (χ2n) is 2.90. The number of carbonyl (C=O) groups is 1. The fourth-order valence-corrected chi connectivity index (χ4v) is 2.01. The predicted octanol–water partition coefficient (Wildman–Crippen LogP) is 1.76. The number of hydrogen-bond donors (Lipinski definition) is 1. The fraction of sp³-hybridized carbons (Fsp3) is 0.200. The van der Waals surface area contributed by atoms with Crippen molar-refractivity contribution in [1.82, 2.24) is 0 Å². The zero-order valence-electron chi connectivity index (χ0n) is 8.00. The first-order valence-corrected chi connectivity index (χ1v) is 4.85. The largest absolute Gasteiger partial charge is 0.365 e. The van der Waals surface area contributed by atoms with Crippen LogP contribution in [0.15, 0.2) is 11.6 Å². The van der Waals surface area contributed by atoms with E-state index in [0.717, 1.165) is 15.3 Å². The van der Waals surface area contributed by atoms with E-state index in [1.54, 1.807) is 17.4 Å². The first-order valence-electron chi connectivity index (χ1n) is 4.03. The number of aryl methyl sites for hydroxylation is 2. The quantitative estimate of drug-likeness (QED) is 0.591. The highest BCUT2D eigenvalue weighted by molar-refractivity contribution is 7.12. The summed E-state index contributed by atoms with van der Waals surface area (Å²) >= 11 is 1.63. The summed E-state index contributed by atoms with van der Waals surface area (Å²) in [7, 11) is 0. The summed E-state index contributed by atoms with van der Waals surface area (Å²) in [6.07, 6.45) is 1.53. The molecule has 1 aromatic rings. The molecule has 1 rings (SSSR count). The van der Waals surface area contributed by atoms with Gasteiger partial charge in [0.1, 0.15) is 11.6 Å². The summed E-state index contributed by atoms with van der Waals surface area (Å²) in [6, 6.07) is 3.71. The van der Waals surface area contributed by atoms with Gasteiger partial charge in [0.15, 0.2) is 0 Å². The Bertz CT molecular complexity index is 437. The van der Waals surface area contributed by atoms with Crippen molar-refractivity contribution in [3.05, 3.63) is 27.0 Å². The highest BCUT2D eigenvalue weighted by atomic mass is 32.1. The molecule has 0 atom stereocenters. The molecule has 0 radical (unpaired) electrons. The molecule has 0 aliphatic heterocycles. The topological polar surface area (TPSA) is 66.9 Å². The van der Waals surface area contributed by atoms with Crippen LogP contribution in [0.4, 0.5) is 0 Å². The predicted molar refractivity (Wildman–Crippen MR) is 56.6 cm³/mol. The van der Waals surface area contributed by atoms with Crippen molar-refractivity contribution in [2.75, 3.05) is 0 Å². The van der Waals surface area contributed by atoms with Crippen LogP contribution in [0.2, 0.25) is 0 Å². The minimum absolute atomic E-state index is 0.00843. The number of nitriles is 1. The summed E-state index contributed by atoms with van der Waals surface area (Å²) in [5.74, 6) is -0.684. The monoisotopic (exact) mass is 206 g/mol. The summed E-state index contributed by atoms with van der Waals surface area (Å²) in [4.78, 5) is 13.0. The van der Waals surface area contributed by atoms with E-state index >= 15 is 0 Å². The van der Waals surface area contributed by atoms with Gasteiger partial charge >= 0.3 is 0 Å². The van der Waals surface area contributed by atoms with Crippen LogP contribution in [0.25, 0.3) is 6.08 Å². The number of carbonyl (C=O) groups excluding carboxylic acids is 1. The fourth-order valence-electron chi connectivity index (χ4n) is 1.11. The molecule has 2 N–H and O–H groups in total. The number of thiophene rings is 1. The number of hydrogen-bond acceptors (Lipinski definition) is 3. The Labute approximate surface area is 86.5 Å². The molecule has 1 aromatic heterocycles. The van der Waals surface area contributed by atoms with Crippen LogP contribution in [-0.4, -0.2) is 5.91 Å². The zero-order valence-corrected chi connectivity index (χ0v) is 8.81. The Hall–Kier alpha value is -1.60. The molecule has 0 fully saturated rings. The number of nitrogens with two attached hydrogens (primary N) is 1. The van der Waals surface area contributed by atoms with Gasteiger partial charge in [-0.2, -0.15) is 5.26 Å². The first-order chi connectivity index (χ1) is 6.54. The molecule has 1 heterocycles. The maximum Gasteiger partial charge on any atom is 0.259 e. The van der Waals surface area contributed by atoms with Gasteiger partial charge in [0, 0.05) is 9.75 Å². The van der Waals surface area contributed by atoms with Gasteiger partial charge in [0.25, 0.3) is 5.91 Å². The number of nitrogens with zero attached hydrogens (tertiary/aromatic N) is 1. The molecule has 72 valence electrons. The zero-order chi connectivity index (χ0) is 10.7. The van der Waals surface area contributed by atoms with Crippen LogP contribution >= 0.6 is 11.3 Å². The lowest BCUT2D eigenvalue weighted by Crippen LogP contribution is -2.12. The van der Waals surface area contributed by atoms with Crippen LogP contribution in [-0.2, 0) is 4.79 Å². The smallest absolute Gasteiger partial charge is 0.259 e. The summed E-state index contributed by atoms with van der Waals surface area (Å²) < 4.78 is 0. The maximum absolute atomic E-state index is 10.8. The molecule has 4 heteroatoms. The third-order valence-electron chi connectivity index (χ3n) is 1.77. The lowest BCUT2D eigenvalue weighted by molar-refractivity contribution is -0.114. The van der Waals surface area contributed by atoms with Crippen molar-refractivity contribution < 1.29 is 4.79 Å². The highest BCUT2D eigenvalue weighted by Gasteiger charge is 2.06. The second kappa shape index (κ2) is 4.07. The van der Waals surface area contributed by atoms with E-state index in [2.05, 4.69) is 0 Å². The molecule has 0 spiro atoms. The van der Waals surface area contributed by atoms with Gasteiger partial charge in [-0.3, -0.25) is 4.79 Å². The van der Waals surface area contributed by atoms with Gasteiger partial charge in [0.2, 0.25) is 0 Å². The van der Waals surface area contributed by atoms with E-state index in [4.69, 9.17) is 11.0 Å². The maximum atomic E-state index is 10.8. The van der Waals surface area contributed by atoms with E-state index in [9.17, 15) is 4.79 Å². The van der Waals surface area contributed by atoms with Crippen molar-refractivity contribution >= 4 is 23.3 Å². The van der Waals surface area contributed by atoms with Crippen molar-refractivity contribution in [2.45, 2.75) is 13.8 Å². The average molecular weight is 206 g/mol. The Kier molecular flexibility index (Phi) is 3.05. The Morgan fingerprint density at radius 1 is 1.64 bits per heavy atom. The second-order valence-corrected chi connectivity index (χ2v) is 4.36. The van der Waals surface area contributed by atoms with E-state index in [1.807, 2.05) is 19.9 Å². The van der Waals surface area contributed by atoms with Crippen LogP contribution in [0, 0.1) is 25.2 Å². The molecular formula is C10H10N2OS. The SMILES string of the molecule is Cc1cc(/C=C(\C#N)C(N)=O)c(C)s1. The summed E-state index contributed by atoms with van der Waals surface area (Å²) in [6.45, 7) is 3.92. The lowest BCUT2D eigenvalue weighted by atomic mass is 10.1. The molecule has 1 amide bonds. The van der Waals surface area contributed by atoms with Crippen LogP contribution in [0.5, 0.6) is 0 Å². The van der Waals surface area contributed by atoms with Gasteiger partial charge in [-0.1, -0.05) is 0 Å². The highest BCUT2D eigenvalue weighted by Crippen LogP contribution is 2.22. The van der Waals surface area contributed by atoms with E-state index in [-0.39, 0.29) is 5.57 Å². The Balaban J connectivity index is 3.14. The molecule has 0 aromatic carbocycles. The molecule has 0 aliphatic carbocycles. The summed E-state index contributed by atoms with van der Waals surface area (Å²) in [5, 5.41) is 8.64. The van der Waals surface area contributed by atoms with Gasteiger partial charge < -0.3 is 5.73 Å². The molecule has 3 nitrogen and oxygen atoms in total. The van der Waals surface area contributed by atoms with E-state index in [1.165, 1.54) is 6.08 Å². The van der Waals surface area contributed by atoms with Crippen LogP contribution in [0.1, 0.15) is 15.3 Å². The molecule has 0 saturated carbocycles. The summed E-state index contributed by atoms with van der Waals surface area (Å²) in [5.41, 5.74) is 5.91. The average Bonchev–Trinajstić information content (AvgIpc) is 2.40. The number of primary amides is 1. The van der Waals surface area contributed by atoms with E-state index in [0.29, 0.717) is 0 Å². The normalized spacial score (nSPS) is 11.1. The third kappa shape index (κ3) is 2.21. The standard InChI is InChI=1S/C10H10N2OS/c1-6-3-8(7(2)14-6)4-9(5-11)10(12)13/h3-4H,1-2H3,(H2,12,13)/b9-4+.